The van der Waals surface area contributed by atoms with Crippen molar-refractivity contribution in [1.29, 1.82) is 0 Å². The summed E-state index contributed by atoms with van der Waals surface area (Å²) < 4.78 is 0. The number of carbonyl (C=O) groups is 2. The van der Waals surface area contributed by atoms with Crippen molar-refractivity contribution >= 4 is 11.8 Å². The summed E-state index contributed by atoms with van der Waals surface area (Å²) in [6.07, 6.45) is 1.04. The molecule has 2 unspecified atom stereocenters. The highest BCUT2D eigenvalue weighted by atomic mass is 16.2. The molecule has 1 aliphatic rings. The second-order valence-corrected chi connectivity index (χ2v) is 5.00. The van der Waals surface area contributed by atoms with E-state index in [4.69, 9.17) is 5.73 Å². The zero-order valence-electron chi connectivity index (χ0n) is 11.2. The third-order valence-electron chi connectivity index (χ3n) is 3.29. The number of hydrogen-bond acceptors (Lipinski definition) is 4. The van der Waals surface area contributed by atoms with E-state index in [0.717, 1.165) is 19.5 Å². The minimum absolute atomic E-state index is 0.0119. The van der Waals surface area contributed by atoms with Crippen LogP contribution in [0.3, 0.4) is 0 Å². The van der Waals surface area contributed by atoms with E-state index in [1.54, 1.807) is 0 Å². The van der Waals surface area contributed by atoms with Gasteiger partial charge in [0.2, 0.25) is 11.8 Å². The Morgan fingerprint density at radius 1 is 1.33 bits per heavy atom. The van der Waals surface area contributed by atoms with Crippen LogP contribution in [0.1, 0.15) is 20.3 Å². The van der Waals surface area contributed by atoms with E-state index in [2.05, 4.69) is 22.5 Å². The molecule has 2 amide bonds. The van der Waals surface area contributed by atoms with Gasteiger partial charge in [-0.3, -0.25) is 14.5 Å². The number of hydrogen-bond donors (Lipinski definition) is 3. The predicted molar refractivity (Wildman–Crippen MR) is 69.9 cm³/mol. The summed E-state index contributed by atoms with van der Waals surface area (Å²) in [5.41, 5.74) is 5.98. The van der Waals surface area contributed by atoms with Crippen LogP contribution in [-0.2, 0) is 9.59 Å². The summed E-state index contributed by atoms with van der Waals surface area (Å²) in [5, 5.41) is 5.41. The maximum Gasteiger partial charge on any atom is 0.234 e. The average Bonchev–Trinajstić information content (AvgIpc) is 2.29. The van der Waals surface area contributed by atoms with E-state index < -0.39 is 0 Å². The highest BCUT2D eigenvalue weighted by Gasteiger charge is 2.24. The summed E-state index contributed by atoms with van der Waals surface area (Å²) in [6.45, 7) is 6.63. The summed E-state index contributed by atoms with van der Waals surface area (Å²) in [5.74, 6) is 0.437. The van der Waals surface area contributed by atoms with Crippen LogP contribution in [0.5, 0.6) is 0 Å². The van der Waals surface area contributed by atoms with Gasteiger partial charge < -0.3 is 16.4 Å². The molecular formula is C12H24N4O2. The molecule has 0 aromatic carbocycles. The van der Waals surface area contributed by atoms with Crippen molar-refractivity contribution < 1.29 is 9.59 Å². The molecule has 0 saturated carbocycles. The Morgan fingerprint density at radius 2 is 2.00 bits per heavy atom. The summed E-state index contributed by atoms with van der Waals surface area (Å²) in [6, 6.07) is 0.158. The molecule has 4 N–H and O–H groups in total. The molecule has 0 radical (unpaired) electrons. The van der Waals surface area contributed by atoms with Crippen LogP contribution in [-0.4, -0.2) is 55.5 Å². The third-order valence-corrected chi connectivity index (χ3v) is 3.29. The molecule has 0 aromatic rings. The summed E-state index contributed by atoms with van der Waals surface area (Å²) in [7, 11) is 0. The molecule has 1 rings (SSSR count). The monoisotopic (exact) mass is 256 g/mol. The van der Waals surface area contributed by atoms with E-state index in [1.165, 1.54) is 6.92 Å². The van der Waals surface area contributed by atoms with Gasteiger partial charge in [-0.1, -0.05) is 6.92 Å². The topological polar surface area (TPSA) is 87.5 Å². The van der Waals surface area contributed by atoms with E-state index in [9.17, 15) is 9.59 Å². The number of piperidine rings is 1. The third kappa shape index (κ3) is 5.46. The molecule has 2 atom stereocenters. The Hall–Kier alpha value is -1.14. The standard InChI is InChI=1S/C12H24N4O2/c1-9-3-6-16(7-11(9)13)8-12(18)15-5-4-14-10(2)17/h9,11H,3-8,13H2,1-2H3,(H,14,17)(H,15,18). The smallest absolute Gasteiger partial charge is 0.234 e. The fourth-order valence-corrected chi connectivity index (χ4v) is 2.01. The maximum absolute atomic E-state index is 11.6. The second kappa shape index (κ2) is 7.33. The molecule has 1 fully saturated rings. The van der Waals surface area contributed by atoms with E-state index in [0.29, 0.717) is 25.6 Å². The molecule has 6 nitrogen and oxygen atoms in total. The van der Waals surface area contributed by atoms with Gasteiger partial charge in [0, 0.05) is 32.6 Å². The van der Waals surface area contributed by atoms with E-state index in [1.807, 2.05) is 0 Å². The van der Waals surface area contributed by atoms with Crippen molar-refractivity contribution in [2.75, 3.05) is 32.7 Å². The Kier molecular flexibility index (Phi) is 6.07. The first-order chi connectivity index (χ1) is 8.49. The molecule has 18 heavy (non-hydrogen) atoms. The lowest BCUT2D eigenvalue weighted by molar-refractivity contribution is -0.123. The van der Waals surface area contributed by atoms with E-state index in [-0.39, 0.29) is 17.9 Å². The Balaban J connectivity index is 2.14. The first-order valence-electron chi connectivity index (χ1n) is 6.48. The van der Waals surface area contributed by atoms with Gasteiger partial charge in [0.25, 0.3) is 0 Å². The van der Waals surface area contributed by atoms with Crippen molar-refractivity contribution in [2.45, 2.75) is 26.3 Å². The molecule has 0 spiro atoms. The maximum atomic E-state index is 11.6. The Bertz CT molecular complexity index is 296. The van der Waals surface area contributed by atoms with Gasteiger partial charge in [-0.05, 0) is 18.9 Å². The molecule has 104 valence electrons. The zero-order chi connectivity index (χ0) is 13.5. The van der Waals surface area contributed by atoms with E-state index >= 15 is 0 Å². The molecule has 6 heteroatoms. The quantitative estimate of drug-likeness (QED) is 0.545. The number of nitrogens with one attached hydrogen (secondary N) is 2. The van der Waals surface area contributed by atoms with Crippen molar-refractivity contribution in [1.82, 2.24) is 15.5 Å². The lowest BCUT2D eigenvalue weighted by atomic mass is 9.94. The van der Waals surface area contributed by atoms with Gasteiger partial charge in [0.1, 0.15) is 0 Å². The minimum atomic E-state index is -0.0831. The minimum Gasteiger partial charge on any atom is -0.355 e. The van der Waals surface area contributed by atoms with Crippen molar-refractivity contribution in [3.63, 3.8) is 0 Å². The first-order valence-corrected chi connectivity index (χ1v) is 6.48. The normalized spacial score (nSPS) is 24.6. The Labute approximate surface area is 108 Å². The molecular weight excluding hydrogens is 232 g/mol. The van der Waals surface area contributed by atoms with Crippen LogP contribution in [0.25, 0.3) is 0 Å². The number of likely N-dealkylation sites (tertiary alicyclic amines) is 1. The van der Waals surface area contributed by atoms with Crippen molar-refractivity contribution in [2.24, 2.45) is 11.7 Å². The van der Waals surface area contributed by atoms with Gasteiger partial charge in [-0.25, -0.2) is 0 Å². The first kappa shape index (κ1) is 14.9. The largest absolute Gasteiger partial charge is 0.355 e. The van der Waals surface area contributed by atoms with Crippen LogP contribution in [0.4, 0.5) is 0 Å². The lowest BCUT2D eigenvalue weighted by Gasteiger charge is -2.34. The van der Waals surface area contributed by atoms with Gasteiger partial charge >= 0.3 is 0 Å². The molecule has 0 aromatic heterocycles. The Morgan fingerprint density at radius 3 is 2.61 bits per heavy atom. The number of carbonyl (C=O) groups excluding carboxylic acids is 2. The number of rotatable bonds is 5. The van der Waals surface area contributed by atoms with Crippen LogP contribution >= 0.6 is 0 Å². The molecule has 1 aliphatic heterocycles. The van der Waals surface area contributed by atoms with Gasteiger partial charge in [0.15, 0.2) is 0 Å². The van der Waals surface area contributed by atoms with Crippen molar-refractivity contribution in [3.8, 4) is 0 Å². The summed E-state index contributed by atoms with van der Waals surface area (Å²) in [4.78, 5) is 24.3. The molecule has 1 saturated heterocycles. The number of nitrogens with zero attached hydrogens (tertiary/aromatic N) is 1. The molecule has 0 bridgehead atoms. The average molecular weight is 256 g/mol. The molecule has 0 aliphatic carbocycles. The van der Waals surface area contributed by atoms with Gasteiger partial charge in [-0.15, -0.1) is 0 Å². The van der Waals surface area contributed by atoms with Crippen LogP contribution in [0.15, 0.2) is 0 Å². The van der Waals surface area contributed by atoms with Crippen molar-refractivity contribution in [3.05, 3.63) is 0 Å². The highest BCUT2D eigenvalue weighted by Crippen LogP contribution is 2.14. The van der Waals surface area contributed by atoms with Gasteiger partial charge in [0.05, 0.1) is 6.54 Å². The number of nitrogens with two attached hydrogens (primary N) is 1. The van der Waals surface area contributed by atoms with Crippen LogP contribution in [0.2, 0.25) is 0 Å². The molecule has 1 heterocycles. The van der Waals surface area contributed by atoms with Crippen LogP contribution in [0, 0.1) is 5.92 Å². The second-order valence-electron chi connectivity index (χ2n) is 5.00. The zero-order valence-corrected chi connectivity index (χ0v) is 11.2. The number of amides is 2. The highest BCUT2D eigenvalue weighted by molar-refractivity contribution is 5.78. The lowest BCUT2D eigenvalue weighted by Crippen LogP contribution is -2.50. The summed E-state index contributed by atoms with van der Waals surface area (Å²) >= 11 is 0. The predicted octanol–water partition coefficient (Wildman–Crippen LogP) is -1.09. The fourth-order valence-electron chi connectivity index (χ4n) is 2.01. The van der Waals surface area contributed by atoms with Gasteiger partial charge in [-0.2, -0.15) is 0 Å². The fraction of sp³-hybridized carbons (Fsp3) is 0.833. The van der Waals surface area contributed by atoms with Crippen LogP contribution < -0.4 is 16.4 Å². The SMILES string of the molecule is CC(=O)NCCNC(=O)CN1CCC(C)C(N)C1.